The first kappa shape index (κ1) is 17.3. The molecule has 1 fully saturated rings. The normalized spacial score (nSPS) is 22.8. The number of nitrogens with zero attached hydrogens (tertiary/aromatic N) is 1. The number of likely N-dealkylation sites (N-methyl/N-ethyl adjacent to an activating group) is 1. The molecule has 1 saturated carbocycles. The second-order valence-corrected chi connectivity index (χ2v) is 6.91. The molecule has 1 amide bonds. The molecule has 2 N–H and O–H groups in total. The van der Waals surface area contributed by atoms with Gasteiger partial charge in [0.15, 0.2) is 0 Å². The number of aliphatic hydroxyl groups excluding tert-OH is 1. The van der Waals surface area contributed by atoms with Crippen molar-refractivity contribution in [2.45, 2.75) is 43.2 Å². The number of rotatable bonds is 6. The SMILES string of the molecule is CSc1ccccc1NC(=O)C(C)N(C)CC1CCCC1O. The van der Waals surface area contributed by atoms with Crippen LogP contribution in [0.2, 0.25) is 0 Å². The highest BCUT2D eigenvalue weighted by Crippen LogP contribution is 2.27. The van der Waals surface area contributed by atoms with Crippen LogP contribution in [0.4, 0.5) is 5.69 Å². The second kappa shape index (κ2) is 7.99. The van der Waals surface area contributed by atoms with E-state index in [9.17, 15) is 9.90 Å². The fourth-order valence-electron chi connectivity index (χ4n) is 2.94. The molecule has 0 bridgehead atoms. The third-order valence-corrected chi connectivity index (χ3v) is 5.34. The van der Waals surface area contributed by atoms with Crippen molar-refractivity contribution in [1.29, 1.82) is 0 Å². The van der Waals surface area contributed by atoms with Gasteiger partial charge in [0.25, 0.3) is 0 Å². The first-order chi connectivity index (χ1) is 10.5. The molecule has 0 aliphatic heterocycles. The van der Waals surface area contributed by atoms with Crippen LogP contribution in [0.1, 0.15) is 26.2 Å². The van der Waals surface area contributed by atoms with Crippen LogP contribution in [0.3, 0.4) is 0 Å². The molecule has 0 saturated heterocycles. The van der Waals surface area contributed by atoms with Crippen LogP contribution in [0.25, 0.3) is 0 Å². The lowest BCUT2D eigenvalue weighted by molar-refractivity contribution is -0.120. The van der Waals surface area contributed by atoms with Gasteiger partial charge in [0.2, 0.25) is 5.91 Å². The summed E-state index contributed by atoms with van der Waals surface area (Å²) >= 11 is 1.62. The predicted molar refractivity (Wildman–Crippen MR) is 92.3 cm³/mol. The molecule has 0 radical (unpaired) electrons. The molecule has 3 unspecified atom stereocenters. The lowest BCUT2D eigenvalue weighted by atomic mass is 10.0. The molecule has 22 heavy (non-hydrogen) atoms. The maximum Gasteiger partial charge on any atom is 0.241 e. The number of hydrogen-bond donors (Lipinski definition) is 2. The summed E-state index contributed by atoms with van der Waals surface area (Å²) in [4.78, 5) is 15.6. The minimum Gasteiger partial charge on any atom is -0.393 e. The predicted octanol–water partition coefficient (Wildman–Crippen LogP) is 2.83. The van der Waals surface area contributed by atoms with Crippen LogP contribution < -0.4 is 5.32 Å². The molecule has 0 aromatic heterocycles. The molecule has 0 heterocycles. The summed E-state index contributed by atoms with van der Waals surface area (Å²) in [5.74, 6) is 0.287. The van der Waals surface area contributed by atoms with E-state index < -0.39 is 0 Å². The summed E-state index contributed by atoms with van der Waals surface area (Å²) in [6, 6.07) is 7.61. The van der Waals surface area contributed by atoms with E-state index in [2.05, 4.69) is 5.32 Å². The van der Waals surface area contributed by atoms with Gasteiger partial charge >= 0.3 is 0 Å². The van der Waals surface area contributed by atoms with E-state index in [1.54, 1.807) is 11.8 Å². The Labute approximate surface area is 137 Å². The molecular formula is C17H26N2O2S. The third kappa shape index (κ3) is 4.24. The number of para-hydroxylation sites is 1. The van der Waals surface area contributed by atoms with Crippen molar-refractivity contribution >= 4 is 23.4 Å². The fraction of sp³-hybridized carbons (Fsp3) is 0.588. The number of thioether (sulfide) groups is 1. The van der Waals surface area contributed by atoms with Crippen LogP contribution in [-0.2, 0) is 4.79 Å². The number of carbonyl (C=O) groups excluding carboxylic acids is 1. The summed E-state index contributed by atoms with van der Waals surface area (Å²) in [5, 5.41) is 12.9. The van der Waals surface area contributed by atoms with E-state index in [0.717, 1.165) is 36.4 Å². The van der Waals surface area contributed by atoms with E-state index in [4.69, 9.17) is 0 Å². The number of hydrogen-bond acceptors (Lipinski definition) is 4. The van der Waals surface area contributed by atoms with Crippen LogP contribution in [0, 0.1) is 5.92 Å². The van der Waals surface area contributed by atoms with Crippen molar-refractivity contribution in [1.82, 2.24) is 4.90 Å². The Balaban J connectivity index is 1.93. The van der Waals surface area contributed by atoms with Crippen molar-refractivity contribution in [3.63, 3.8) is 0 Å². The van der Waals surface area contributed by atoms with Crippen molar-refractivity contribution in [3.05, 3.63) is 24.3 Å². The van der Waals surface area contributed by atoms with Crippen molar-refractivity contribution in [3.8, 4) is 0 Å². The minimum atomic E-state index is -0.220. The smallest absolute Gasteiger partial charge is 0.241 e. The first-order valence-corrected chi connectivity index (χ1v) is 9.07. The van der Waals surface area contributed by atoms with Gasteiger partial charge in [-0.15, -0.1) is 11.8 Å². The first-order valence-electron chi connectivity index (χ1n) is 7.85. The zero-order valence-electron chi connectivity index (χ0n) is 13.6. The van der Waals surface area contributed by atoms with Gasteiger partial charge < -0.3 is 10.4 Å². The van der Waals surface area contributed by atoms with Crippen molar-refractivity contribution in [2.75, 3.05) is 25.2 Å². The minimum absolute atomic E-state index is 0.00325. The molecule has 1 aliphatic carbocycles. The quantitative estimate of drug-likeness (QED) is 0.791. The van der Waals surface area contributed by atoms with Crippen LogP contribution in [-0.4, -0.2) is 47.9 Å². The van der Waals surface area contributed by atoms with Gasteiger partial charge in [0.1, 0.15) is 0 Å². The molecule has 122 valence electrons. The average Bonchev–Trinajstić information content (AvgIpc) is 2.92. The van der Waals surface area contributed by atoms with Crippen LogP contribution in [0.5, 0.6) is 0 Å². The highest BCUT2D eigenvalue weighted by molar-refractivity contribution is 7.98. The Morgan fingerprint density at radius 3 is 2.82 bits per heavy atom. The molecule has 1 aromatic carbocycles. The molecule has 0 spiro atoms. The molecular weight excluding hydrogens is 296 g/mol. The van der Waals surface area contributed by atoms with Gasteiger partial charge in [0, 0.05) is 11.4 Å². The topological polar surface area (TPSA) is 52.6 Å². The van der Waals surface area contributed by atoms with Crippen molar-refractivity contribution < 1.29 is 9.90 Å². The maximum atomic E-state index is 12.5. The molecule has 4 nitrogen and oxygen atoms in total. The number of benzene rings is 1. The third-order valence-electron chi connectivity index (χ3n) is 4.55. The Hall–Kier alpha value is -1.04. The summed E-state index contributed by atoms with van der Waals surface area (Å²) in [5.41, 5.74) is 0.862. The van der Waals surface area contributed by atoms with E-state index >= 15 is 0 Å². The number of nitrogens with one attached hydrogen (secondary N) is 1. The Morgan fingerprint density at radius 1 is 1.45 bits per heavy atom. The molecule has 2 rings (SSSR count). The van der Waals surface area contributed by atoms with E-state index in [1.165, 1.54) is 0 Å². The number of carbonyl (C=O) groups is 1. The van der Waals surface area contributed by atoms with E-state index in [0.29, 0.717) is 5.92 Å². The van der Waals surface area contributed by atoms with Crippen molar-refractivity contribution in [2.24, 2.45) is 5.92 Å². The lowest BCUT2D eigenvalue weighted by Gasteiger charge is -2.28. The van der Waals surface area contributed by atoms with Gasteiger partial charge in [-0.2, -0.15) is 0 Å². The largest absolute Gasteiger partial charge is 0.393 e. The molecule has 5 heteroatoms. The van der Waals surface area contributed by atoms with Gasteiger partial charge in [-0.3, -0.25) is 9.69 Å². The lowest BCUT2D eigenvalue weighted by Crippen LogP contribution is -2.43. The van der Waals surface area contributed by atoms with Gasteiger partial charge in [-0.25, -0.2) is 0 Å². The molecule has 3 atom stereocenters. The molecule has 1 aliphatic rings. The number of aliphatic hydroxyl groups is 1. The fourth-order valence-corrected chi connectivity index (χ4v) is 3.50. The molecule has 1 aromatic rings. The monoisotopic (exact) mass is 322 g/mol. The highest BCUT2D eigenvalue weighted by atomic mass is 32.2. The van der Waals surface area contributed by atoms with E-state index in [1.807, 2.05) is 49.4 Å². The summed E-state index contributed by atoms with van der Waals surface area (Å²) in [6.45, 7) is 2.68. The van der Waals surface area contributed by atoms with Gasteiger partial charge in [-0.1, -0.05) is 18.6 Å². The van der Waals surface area contributed by atoms with Gasteiger partial charge in [0.05, 0.1) is 17.8 Å². The zero-order valence-corrected chi connectivity index (χ0v) is 14.4. The number of anilines is 1. The highest BCUT2D eigenvalue weighted by Gasteiger charge is 2.29. The standard InChI is InChI=1S/C17H26N2O2S/c1-12(19(2)11-13-7-6-9-15(13)20)17(21)18-14-8-4-5-10-16(14)22-3/h4-5,8,10,12-13,15,20H,6-7,9,11H2,1-3H3,(H,18,21). The Kier molecular flexibility index (Phi) is 6.29. The summed E-state index contributed by atoms with van der Waals surface area (Å²) < 4.78 is 0. The van der Waals surface area contributed by atoms with E-state index in [-0.39, 0.29) is 18.1 Å². The maximum absolute atomic E-state index is 12.5. The average molecular weight is 322 g/mol. The number of amides is 1. The zero-order chi connectivity index (χ0) is 16.1. The second-order valence-electron chi connectivity index (χ2n) is 6.06. The van der Waals surface area contributed by atoms with Crippen LogP contribution >= 0.6 is 11.8 Å². The summed E-state index contributed by atoms with van der Waals surface area (Å²) in [7, 11) is 1.95. The van der Waals surface area contributed by atoms with Gasteiger partial charge in [-0.05, 0) is 51.1 Å². The Bertz CT molecular complexity index is 509. The summed E-state index contributed by atoms with van der Waals surface area (Å²) in [6.07, 6.45) is 4.81. The van der Waals surface area contributed by atoms with Crippen LogP contribution in [0.15, 0.2) is 29.2 Å². The Morgan fingerprint density at radius 2 is 2.18 bits per heavy atom.